The van der Waals surface area contributed by atoms with E-state index in [1.807, 2.05) is 66.9 Å². The summed E-state index contributed by atoms with van der Waals surface area (Å²) in [7, 11) is 1.63. The van der Waals surface area contributed by atoms with Crippen LogP contribution in [0.15, 0.2) is 53.3 Å². The topological polar surface area (TPSA) is 74.8 Å². The van der Waals surface area contributed by atoms with Crippen molar-refractivity contribution >= 4 is 33.2 Å². The van der Waals surface area contributed by atoms with Gasteiger partial charge in [-0.25, -0.2) is 15.0 Å². The molecule has 30 heavy (non-hydrogen) atoms. The van der Waals surface area contributed by atoms with Crippen molar-refractivity contribution in [2.45, 2.75) is 26.8 Å². The van der Waals surface area contributed by atoms with Crippen molar-refractivity contribution in [2.75, 3.05) is 7.11 Å². The van der Waals surface area contributed by atoms with Gasteiger partial charge in [-0.05, 0) is 49.7 Å². The largest absolute Gasteiger partial charge is 0.497 e. The molecule has 0 spiro atoms. The van der Waals surface area contributed by atoms with Gasteiger partial charge in [0.05, 0.1) is 18.1 Å². The molecule has 5 aromatic rings. The lowest BCUT2D eigenvalue weighted by Crippen LogP contribution is -2.24. The Balaban J connectivity index is 1.97. The van der Waals surface area contributed by atoms with Gasteiger partial charge in [-0.2, -0.15) is 0 Å². The number of nitrogens with zero attached hydrogens (tertiary/aromatic N) is 5. The summed E-state index contributed by atoms with van der Waals surface area (Å²) in [6.07, 6.45) is 0.847. The summed E-state index contributed by atoms with van der Waals surface area (Å²) in [5, 5.41) is 0.498. The van der Waals surface area contributed by atoms with Gasteiger partial charge in [0.2, 0.25) is 0 Å². The molecule has 0 saturated carbocycles. The number of hydrogen-bond acceptors (Lipinski definition) is 5. The van der Waals surface area contributed by atoms with Crippen molar-refractivity contribution in [2.24, 2.45) is 0 Å². The van der Waals surface area contributed by atoms with Crippen LogP contribution in [0.5, 0.6) is 5.75 Å². The highest BCUT2D eigenvalue weighted by Gasteiger charge is 2.22. The van der Waals surface area contributed by atoms with Crippen molar-refractivity contribution in [3.05, 3.63) is 64.7 Å². The zero-order valence-corrected chi connectivity index (χ0v) is 17.1. The van der Waals surface area contributed by atoms with Gasteiger partial charge in [0, 0.05) is 12.2 Å². The third-order valence-corrected chi connectivity index (χ3v) is 5.33. The minimum atomic E-state index is -0.0822. The first-order chi connectivity index (χ1) is 14.6. The van der Waals surface area contributed by atoms with Crippen molar-refractivity contribution in [3.8, 4) is 11.4 Å². The number of hydrogen-bond donors (Lipinski definition) is 0. The number of fused-ring (bicyclic) bond motifs is 4. The molecule has 2 aromatic carbocycles. The van der Waals surface area contributed by atoms with Crippen molar-refractivity contribution in [3.63, 3.8) is 0 Å². The number of benzene rings is 2. The lowest BCUT2D eigenvalue weighted by molar-refractivity contribution is 0.415. The fourth-order valence-corrected chi connectivity index (χ4v) is 3.89. The summed E-state index contributed by atoms with van der Waals surface area (Å²) in [5.41, 5.74) is 4.05. The molecule has 3 aromatic heterocycles. The average molecular weight is 399 g/mol. The molecular weight excluding hydrogens is 378 g/mol. The van der Waals surface area contributed by atoms with Crippen LogP contribution in [0.4, 0.5) is 0 Å². The maximum Gasteiger partial charge on any atom is 0.265 e. The van der Waals surface area contributed by atoms with Gasteiger partial charge >= 0.3 is 0 Å². The van der Waals surface area contributed by atoms with E-state index < -0.39 is 0 Å². The van der Waals surface area contributed by atoms with Crippen molar-refractivity contribution in [1.82, 2.24) is 24.1 Å². The molecular formula is C23H21N5O2. The van der Waals surface area contributed by atoms with E-state index in [1.54, 1.807) is 11.7 Å². The van der Waals surface area contributed by atoms with Gasteiger partial charge in [0.25, 0.3) is 5.56 Å². The third kappa shape index (κ3) is 2.66. The second-order valence-corrected chi connectivity index (χ2v) is 7.23. The van der Waals surface area contributed by atoms with E-state index in [-0.39, 0.29) is 5.56 Å². The van der Waals surface area contributed by atoms with Gasteiger partial charge in [-0.15, -0.1) is 0 Å². The summed E-state index contributed by atoms with van der Waals surface area (Å²) < 4.78 is 8.92. The Morgan fingerprint density at radius 3 is 2.30 bits per heavy atom. The first-order valence-electron chi connectivity index (χ1n) is 9.95. The normalized spacial score (nSPS) is 11.6. The minimum Gasteiger partial charge on any atom is -0.497 e. The highest BCUT2D eigenvalue weighted by atomic mass is 16.5. The number of aromatic nitrogens is 5. The highest BCUT2D eigenvalue weighted by Crippen LogP contribution is 2.29. The lowest BCUT2D eigenvalue weighted by atomic mass is 10.3. The third-order valence-electron chi connectivity index (χ3n) is 5.33. The summed E-state index contributed by atoms with van der Waals surface area (Å²) in [6, 6.07) is 15.3. The first-order valence-corrected chi connectivity index (χ1v) is 9.95. The minimum absolute atomic E-state index is 0.0822. The molecule has 0 amide bonds. The standard InChI is InChI=1S/C23H21N5O2/c1-4-13-27-14(2)24-21-19(23(27)29)20-22(26-18-8-6-5-7-17(18)25-20)28(21)15-9-11-16(30-3)12-10-15/h5-12H,4,13H2,1-3H3. The van der Waals surface area contributed by atoms with Gasteiger partial charge in [-0.1, -0.05) is 19.1 Å². The van der Waals surface area contributed by atoms with Crippen molar-refractivity contribution < 1.29 is 4.74 Å². The van der Waals surface area contributed by atoms with Crippen LogP contribution >= 0.6 is 0 Å². The van der Waals surface area contributed by atoms with Crippen LogP contribution in [0.3, 0.4) is 0 Å². The summed E-state index contributed by atoms with van der Waals surface area (Å²) in [6.45, 7) is 4.53. The molecule has 0 aliphatic rings. The Kier molecular flexibility index (Phi) is 4.24. The smallest absolute Gasteiger partial charge is 0.265 e. The van der Waals surface area contributed by atoms with E-state index in [0.717, 1.165) is 28.9 Å². The van der Waals surface area contributed by atoms with Crippen LogP contribution in [-0.2, 0) is 6.54 Å². The summed E-state index contributed by atoms with van der Waals surface area (Å²) in [4.78, 5) is 28.0. The number of ether oxygens (including phenoxy) is 1. The van der Waals surface area contributed by atoms with E-state index in [2.05, 4.69) is 0 Å². The van der Waals surface area contributed by atoms with Gasteiger partial charge < -0.3 is 4.74 Å². The molecule has 0 aliphatic carbocycles. The highest BCUT2D eigenvalue weighted by molar-refractivity contribution is 6.05. The number of rotatable bonds is 4. The molecule has 0 fully saturated rings. The Hall–Kier alpha value is -3.74. The van der Waals surface area contributed by atoms with Crippen LogP contribution in [0.2, 0.25) is 0 Å². The maximum atomic E-state index is 13.5. The second kappa shape index (κ2) is 6.95. The zero-order chi connectivity index (χ0) is 20.8. The lowest BCUT2D eigenvalue weighted by Gasteiger charge is -2.10. The molecule has 7 nitrogen and oxygen atoms in total. The van der Waals surface area contributed by atoms with E-state index >= 15 is 0 Å². The van der Waals surface area contributed by atoms with Gasteiger partial charge in [-0.3, -0.25) is 13.9 Å². The van der Waals surface area contributed by atoms with Crippen LogP contribution in [0.1, 0.15) is 19.2 Å². The van der Waals surface area contributed by atoms with Crippen LogP contribution in [-0.4, -0.2) is 31.2 Å². The van der Waals surface area contributed by atoms with E-state index in [4.69, 9.17) is 19.7 Å². The molecule has 0 aliphatic heterocycles. The number of methoxy groups -OCH3 is 1. The Bertz CT molecular complexity index is 1470. The zero-order valence-electron chi connectivity index (χ0n) is 17.1. The molecule has 0 N–H and O–H groups in total. The molecule has 7 heteroatoms. The van der Waals surface area contributed by atoms with E-state index in [0.29, 0.717) is 34.6 Å². The summed E-state index contributed by atoms with van der Waals surface area (Å²) in [5.74, 6) is 1.43. The molecule has 0 radical (unpaired) electrons. The Morgan fingerprint density at radius 1 is 0.933 bits per heavy atom. The second-order valence-electron chi connectivity index (χ2n) is 7.23. The van der Waals surface area contributed by atoms with Crippen LogP contribution in [0.25, 0.3) is 38.9 Å². The molecule has 0 unspecified atom stereocenters. The molecule has 0 saturated heterocycles. The fourth-order valence-electron chi connectivity index (χ4n) is 3.89. The molecule has 3 heterocycles. The molecule has 5 rings (SSSR count). The van der Waals surface area contributed by atoms with Gasteiger partial charge in [0.1, 0.15) is 22.5 Å². The monoisotopic (exact) mass is 399 g/mol. The van der Waals surface area contributed by atoms with Crippen LogP contribution in [0, 0.1) is 6.92 Å². The Labute approximate surface area is 172 Å². The number of para-hydroxylation sites is 2. The maximum absolute atomic E-state index is 13.5. The predicted molar refractivity (Wildman–Crippen MR) is 118 cm³/mol. The Morgan fingerprint density at radius 2 is 1.63 bits per heavy atom. The van der Waals surface area contributed by atoms with E-state index in [1.165, 1.54) is 0 Å². The van der Waals surface area contributed by atoms with E-state index in [9.17, 15) is 4.79 Å². The molecule has 0 atom stereocenters. The van der Waals surface area contributed by atoms with Crippen LogP contribution < -0.4 is 10.3 Å². The first kappa shape index (κ1) is 18.3. The SMILES string of the molecule is CCCn1c(C)nc2c(c1=O)c1nc3ccccc3nc1n2-c1ccc(OC)cc1. The number of aryl methyl sites for hydroxylation is 1. The predicted octanol–water partition coefficient (Wildman–Crippen LogP) is 4.01. The van der Waals surface area contributed by atoms with Crippen molar-refractivity contribution in [1.29, 1.82) is 0 Å². The fraction of sp³-hybridized carbons (Fsp3) is 0.217. The molecule has 150 valence electrons. The molecule has 0 bridgehead atoms. The quantitative estimate of drug-likeness (QED) is 0.456. The van der Waals surface area contributed by atoms with Gasteiger partial charge in [0.15, 0.2) is 11.3 Å². The summed E-state index contributed by atoms with van der Waals surface area (Å²) >= 11 is 0. The average Bonchev–Trinajstić information content (AvgIpc) is 3.08.